The molecule has 6 heteroatoms. The Morgan fingerprint density at radius 3 is 2.52 bits per heavy atom. The average molecular weight is 419 g/mol. The number of carbonyl (C=O) groups excluding carboxylic acids is 1. The van der Waals surface area contributed by atoms with Gasteiger partial charge in [0, 0.05) is 42.1 Å². The van der Waals surface area contributed by atoms with Gasteiger partial charge in [0.2, 0.25) is 0 Å². The molecule has 2 heterocycles. The van der Waals surface area contributed by atoms with Crippen LogP contribution in [0, 0.1) is 0 Å². The molecule has 2 aromatic carbocycles. The number of hydrogen-bond donors (Lipinski definition) is 2. The van der Waals surface area contributed by atoms with E-state index in [4.69, 9.17) is 4.74 Å². The number of carbonyl (C=O) groups is 1. The van der Waals surface area contributed by atoms with Crippen LogP contribution in [-0.2, 0) is 0 Å². The minimum absolute atomic E-state index is 0.144. The van der Waals surface area contributed by atoms with Crippen molar-refractivity contribution in [3.63, 3.8) is 0 Å². The Labute approximate surface area is 183 Å². The highest BCUT2D eigenvalue weighted by atomic mass is 16.5. The van der Waals surface area contributed by atoms with E-state index in [1.807, 2.05) is 36.5 Å². The lowest BCUT2D eigenvalue weighted by molar-refractivity contribution is 0.246. The average Bonchev–Trinajstić information content (AvgIpc) is 2.79. The molecule has 4 rings (SSSR count). The van der Waals surface area contributed by atoms with E-state index in [1.54, 1.807) is 7.11 Å². The Morgan fingerprint density at radius 2 is 1.84 bits per heavy atom. The van der Waals surface area contributed by atoms with Crippen molar-refractivity contribution in [3.05, 3.63) is 60.3 Å². The molecule has 0 unspecified atom stereocenters. The monoisotopic (exact) mass is 418 g/mol. The van der Waals surface area contributed by atoms with Gasteiger partial charge in [0.15, 0.2) is 0 Å². The van der Waals surface area contributed by atoms with Gasteiger partial charge >= 0.3 is 6.03 Å². The summed E-state index contributed by atoms with van der Waals surface area (Å²) in [4.78, 5) is 19.3. The topological polar surface area (TPSA) is 66.5 Å². The molecule has 1 aliphatic heterocycles. The molecule has 2 N–H and O–H groups in total. The third kappa shape index (κ3) is 4.90. The van der Waals surface area contributed by atoms with E-state index in [9.17, 15) is 4.79 Å². The van der Waals surface area contributed by atoms with Gasteiger partial charge in [0.25, 0.3) is 0 Å². The lowest BCUT2D eigenvalue weighted by Crippen LogP contribution is -2.46. The first-order valence-corrected chi connectivity index (χ1v) is 10.9. The maximum atomic E-state index is 12.4. The molecule has 1 aliphatic rings. The molecule has 0 aliphatic carbocycles. The van der Waals surface area contributed by atoms with E-state index < -0.39 is 0 Å². The number of methoxy groups -OCH3 is 1. The molecule has 1 aromatic heterocycles. The smallest absolute Gasteiger partial charge is 0.319 e. The van der Waals surface area contributed by atoms with Crippen LogP contribution in [0.5, 0.6) is 5.75 Å². The predicted molar refractivity (Wildman–Crippen MR) is 126 cm³/mol. The maximum absolute atomic E-state index is 12.4. The van der Waals surface area contributed by atoms with Crippen molar-refractivity contribution in [3.8, 4) is 5.75 Å². The minimum Gasteiger partial charge on any atom is -0.497 e. The van der Waals surface area contributed by atoms with Crippen LogP contribution in [0.25, 0.3) is 10.9 Å². The zero-order valence-electron chi connectivity index (χ0n) is 18.4. The van der Waals surface area contributed by atoms with Gasteiger partial charge in [-0.15, -0.1) is 0 Å². The Balaban J connectivity index is 1.34. The first kappa shape index (κ1) is 21.0. The Bertz CT molecular complexity index is 1040. The molecule has 1 saturated heterocycles. The summed E-state index contributed by atoms with van der Waals surface area (Å²) in [6, 6.07) is 16.1. The summed E-state index contributed by atoms with van der Waals surface area (Å²) in [6.45, 7) is 6.08. The van der Waals surface area contributed by atoms with Crippen LogP contribution in [-0.4, -0.2) is 37.3 Å². The fourth-order valence-corrected chi connectivity index (χ4v) is 4.08. The van der Waals surface area contributed by atoms with Crippen LogP contribution in [0.4, 0.5) is 16.2 Å². The lowest BCUT2D eigenvalue weighted by Gasteiger charge is -2.34. The van der Waals surface area contributed by atoms with E-state index in [0.717, 1.165) is 54.0 Å². The second-order valence-corrected chi connectivity index (χ2v) is 8.35. The van der Waals surface area contributed by atoms with E-state index in [0.29, 0.717) is 5.92 Å². The second-order valence-electron chi connectivity index (χ2n) is 8.35. The summed E-state index contributed by atoms with van der Waals surface area (Å²) < 4.78 is 5.39. The van der Waals surface area contributed by atoms with Crippen molar-refractivity contribution in [2.75, 3.05) is 30.4 Å². The molecule has 0 saturated carbocycles. The molecule has 6 nitrogen and oxygen atoms in total. The number of urea groups is 1. The number of pyridine rings is 1. The Kier molecular flexibility index (Phi) is 6.26. The summed E-state index contributed by atoms with van der Waals surface area (Å²) >= 11 is 0. The molecule has 0 atom stereocenters. The molecule has 0 bridgehead atoms. The number of nitrogens with zero attached hydrogens (tertiary/aromatic N) is 2. The number of ether oxygens (including phenoxy) is 1. The quantitative estimate of drug-likeness (QED) is 0.601. The van der Waals surface area contributed by atoms with Gasteiger partial charge < -0.3 is 20.3 Å². The highest BCUT2D eigenvalue weighted by Gasteiger charge is 2.22. The number of piperidine rings is 1. The van der Waals surface area contributed by atoms with Crippen LogP contribution in [0.1, 0.15) is 38.2 Å². The van der Waals surface area contributed by atoms with Gasteiger partial charge in [-0.1, -0.05) is 26.0 Å². The zero-order valence-corrected chi connectivity index (χ0v) is 18.4. The number of amides is 2. The van der Waals surface area contributed by atoms with Crippen LogP contribution >= 0.6 is 0 Å². The number of rotatable bonds is 5. The van der Waals surface area contributed by atoms with Crippen LogP contribution in [0.3, 0.4) is 0 Å². The first-order valence-electron chi connectivity index (χ1n) is 10.9. The standard InChI is InChI=1S/C25H30N4O2/c1-17(2)18-4-6-19(7-5-18)27-25(30)28-20-11-14-29(15-12-20)24-10-13-26-23-9-8-21(31-3)16-22(23)24/h4-10,13,16-17,20H,11-12,14-15H2,1-3H3,(H2,27,28,30). The highest BCUT2D eigenvalue weighted by molar-refractivity contribution is 5.92. The number of hydrogen-bond acceptors (Lipinski definition) is 4. The number of fused-ring (bicyclic) bond motifs is 1. The molecular formula is C25H30N4O2. The van der Waals surface area contributed by atoms with Crippen LogP contribution in [0.2, 0.25) is 0 Å². The fraction of sp³-hybridized carbons (Fsp3) is 0.360. The van der Waals surface area contributed by atoms with Crippen molar-refractivity contribution < 1.29 is 9.53 Å². The summed E-state index contributed by atoms with van der Waals surface area (Å²) in [6.07, 6.45) is 3.65. The summed E-state index contributed by atoms with van der Waals surface area (Å²) in [5.74, 6) is 1.31. The van der Waals surface area contributed by atoms with Gasteiger partial charge in [-0.05, 0) is 60.7 Å². The minimum atomic E-state index is -0.144. The molecule has 0 radical (unpaired) electrons. The number of benzene rings is 2. The van der Waals surface area contributed by atoms with E-state index in [-0.39, 0.29) is 12.1 Å². The SMILES string of the molecule is COc1ccc2nccc(N3CCC(NC(=O)Nc4ccc(C(C)C)cc4)CC3)c2c1. The summed E-state index contributed by atoms with van der Waals surface area (Å²) in [5, 5.41) is 7.17. The highest BCUT2D eigenvalue weighted by Crippen LogP contribution is 2.30. The predicted octanol–water partition coefficient (Wildman–Crippen LogP) is 5.16. The number of nitrogens with one attached hydrogen (secondary N) is 2. The Morgan fingerprint density at radius 1 is 1.10 bits per heavy atom. The zero-order chi connectivity index (χ0) is 21.8. The molecular weight excluding hydrogens is 388 g/mol. The number of anilines is 2. The third-order valence-electron chi connectivity index (χ3n) is 5.93. The number of aromatic nitrogens is 1. The van der Waals surface area contributed by atoms with E-state index >= 15 is 0 Å². The van der Waals surface area contributed by atoms with E-state index in [1.165, 1.54) is 5.56 Å². The largest absolute Gasteiger partial charge is 0.497 e. The summed E-state index contributed by atoms with van der Waals surface area (Å²) in [5.41, 5.74) is 4.20. The van der Waals surface area contributed by atoms with Gasteiger partial charge in [0.1, 0.15) is 5.75 Å². The van der Waals surface area contributed by atoms with Gasteiger partial charge in [0.05, 0.1) is 12.6 Å². The van der Waals surface area contributed by atoms with Crippen LogP contribution < -0.4 is 20.3 Å². The first-order chi connectivity index (χ1) is 15.0. The van der Waals surface area contributed by atoms with Gasteiger partial charge in [-0.3, -0.25) is 4.98 Å². The summed E-state index contributed by atoms with van der Waals surface area (Å²) in [7, 11) is 1.68. The molecule has 31 heavy (non-hydrogen) atoms. The van der Waals surface area contributed by atoms with Crippen LogP contribution in [0.15, 0.2) is 54.7 Å². The molecule has 2 amide bonds. The molecule has 3 aromatic rings. The van der Waals surface area contributed by atoms with Crippen molar-refractivity contribution >= 4 is 28.3 Å². The third-order valence-corrected chi connectivity index (χ3v) is 5.93. The molecule has 0 spiro atoms. The lowest BCUT2D eigenvalue weighted by atomic mass is 10.0. The molecule has 162 valence electrons. The van der Waals surface area contributed by atoms with Crippen molar-refractivity contribution in [2.24, 2.45) is 0 Å². The van der Waals surface area contributed by atoms with Crippen molar-refractivity contribution in [2.45, 2.75) is 38.6 Å². The van der Waals surface area contributed by atoms with Crippen molar-refractivity contribution in [1.82, 2.24) is 10.3 Å². The van der Waals surface area contributed by atoms with Gasteiger partial charge in [-0.2, -0.15) is 0 Å². The maximum Gasteiger partial charge on any atom is 0.319 e. The Hall–Kier alpha value is -3.28. The fourth-order valence-electron chi connectivity index (χ4n) is 4.08. The van der Waals surface area contributed by atoms with E-state index in [2.05, 4.69) is 52.6 Å². The van der Waals surface area contributed by atoms with Gasteiger partial charge in [-0.25, -0.2) is 4.79 Å². The van der Waals surface area contributed by atoms with Crippen molar-refractivity contribution in [1.29, 1.82) is 0 Å². The second kappa shape index (κ2) is 9.25. The normalized spacial score (nSPS) is 14.6. The molecule has 1 fully saturated rings.